The summed E-state index contributed by atoms with van der Waals surface area (Å²) < 4.78 is 56.9. The van der Waals surface area contributed by atoms with Crippen molar-refractivity contribution in [3.63, 3.8) is 0 Å². The van der Waals surface area contributed by atoms with Gasteiger partial charge in [0.2, 0.25) is 0 Å². The normalized spacial score (nSPS) is 18.4. The van der Waals surface area contributed by atoms with E-state index in [1.807, 2.05) is 0 Å². The van der Waals surface area contributed by atoms with Gasteiger partial charge >= 0.3 is 0 Å². The zero-order valence-electron chi connectivity index (χ0n) is 20.7. The van der Waals surface area contributed by atoms with Crippen LogP contribution in [-0.4, -0.2) is 34.3 Å². The Kier molecular flexibility index (Phi) is 5.89. The third-order valence-corrected chi connectivity index (χ3v) is 7.33. The summed E-state index contributed by atoms with van der Waals surface area (Å²) in [6.07, 6.45) is -0.432. The van der Waals surface area contributed by atoms with Crippen LogP contribution in [0.25, 0.3) is 10.9 Å². The standard InChI is InChI=1S/C26H26F4N6O/c1-14(16-5-4-6-17(19(16)28)22(29)30)32-23-18-9-36(26(10-27)7-8-26)24(37)21(20(18)33-15(2)34-23)35-12-25(3,11-31)13-35/h4-6,9,14,22H,7-8,10,12-13H2,1-3H3,(H,32,33,34). The van der Waals surface area contributed by atoms with E-state index in [1.165, 1.54) is 22.9 Å². The predicted molar refractivity (Wildman–Crippen MR) is 131 cm³/mol. The molecule has 3 heterocycles. The maximum atomic E-state index is 14.9. The van der Waals surface area contributed by atoms with E-state index in [0.717, 1.165) is 6.07 Å². The highest BCUT2D eigenvalue weighted by Crippen LogP contribution is 2.45. The quantitative estimate of drug-likeness (QED) is 0.439. The lowest BCUT2D eigenvalue weighted by Gasteiger charge is -2.44. The first-order valence-corrected chi connectivity index (χ1v) is 12.0. The third-order valence-electron chi connectivity index (χ3n) is 7.33. The zero-order chi connectivity index (χ0) is 26.7. The van der Waals surface area contributed by atoms with E-state index in [0.29, 0.717) is 42.7 Å². The highest BCUT2D eigenvalue weighted by molar-refractivity contribution is 5.97. The van der Waals surface area contributed by atoms with E-state index in [4.69, 9.17) is 0 Å². The van der Waals surface area contributed by atoms with E-state index in [1.54, 1.807) is 25.7 Å². The molecule has 2 fully saturated rings. The maximum Gasteiger partial charge on any atom is 0.276 e. The monoisotopic (exact) mass is 514 g/mol. The van der Waals surface area contributed by atoms with Crippen molar-refractivity contribution in [3.8, 4) is 6.07 Å². The van der Waals surface area contributed by atoms with Gasteiger partial charge in [-0.3, -0.25) is 4.79 Å². The SMILES string of the molecule is Cc1nc(NC(C)c2cccc(C(F)F)c2F)c2cn(C3(CF)CC3)c(=O)c(N3CC(C)(C#N)C3)c2n1. The Morgan fingerprint density at radius 1 is 1.22 bits per heavy atom. The van der Waals surface area contributed by atoms with Crippen LogP contribution in [0.1, 0.15) is 56.1 Å². The Hall–Kier alpha value is -3.68. The maximum absolute atomic E-state index is 14.9. The topological polar surface area (TPSA) is 86.8 Å². The highest BCUT2D eigenvalue weighted by atomic mass is 19.3. The first kappa shape index (κ1) is 25.0. The Morgan fingerprint density at radius 2 is 1.89 bits per heavy atom. The van der Waals surface area contributed by atoms with Crippen LogP contribution < -0.4 is 15.8 Å². The minimum absolute atomic E-state index is 0.0331. The number of benzene rings is 1. The third kappa shape index (κ3) is 4.08. The van der Waals surface area contributed by atoms with Gasteiger partial charge in [-0.15, -0.1) is 0 Å². The van der Waals surface area contributed by atoms with Gasteiger partial charge in [0.1, 0.15) is 35.3 Å². The molecule has 1 unspecified atom stereocenters. The lowest BCUT2D eigenvalue weighted by molar-refractivity contribution is 0.146. The van der Waals surface area contributed by atoms with Crippen LogP contribution in [0.3, 0.4) is 0 Å². The second-order valence-electron chi connectivity index (χ2n) is 10.3. The fourth-order valence-corrected chi connectivity index (χ4v) is 5.00. The van der Waals surface area contributed by atoms with Gasteiger partial charge in [0.25, 0.3) is 12.0 Å². The van der Waals surface area contributed by atoms with Crippen molar-refractivity contribution in [1.29, 1.82) is 5.26 Å². The molecule has 1 saturated carbocycles. The van der Waals surface area contributed by atoms with Gasteiger partial charge in [-0.05, 0) is 33.6 Å². The predicted octanol–water partition coefficient (Wildman–Crippen LogP) is 5.16. The Morgan fingerprint density at radius 3 is 2.49 bits per heavy atom. The van der Waals surface area contributed by atoms with Gasteiger partial charge in [0, 0.05) is 24.8 Å². The Balaban J connectivity index is 1.66. The summed E-state index contributed by atoms with van der Waals surface area (Å²) in [5.74, 6) is -0.404. The van der Waals surface area contributed by atoms with Crippen LogP contribution in [0.15, 0.2) is 29.2 Å². The van der Waals surface area contributed by atoms with Gasteiger partial charge in [-0.2, -0.15) is 5.26 Å². The number of alkyl halides is 3. The summed E-state index contributed by atoms with van der Waals surface area (Å²) in [6.45, 7) is 4.97. The molecule has 0 spiro atoms. The number of anilines is 2. The summed E-state index contributed by atoms with van der Waals surface area (Å²) >= 11 is 0. The molecular formula is C26H26F4N6O. The van der Waals surface area contributed by atoms with Crippen molar-refractivity contribution in [2.24, 2.45) is 5.41 Å². The lowest BCUT2D eigenvalue weighted by Crippen LogP contribution is -2.56. The second kappa shape index (κ2) is 8.71. The molecule has 2 aliphatic rings. The minimum atomic E-state index is -2.96. The molecule has 0 bridgehead atoms. The largest absolute Gasteiger partial charge is 0.363 e. The molecule has 1 N–H and O–H groups in total. The van der Waals surface area contributed by atoms with Crippen molar-refractivity contribution < 1.29 is 17.6 Å². The molecular weight excluding hydrogens is 488 g/mol. The van der Waals surface area contributed by atoms with Crippen molar-refractivity contribution in [2.75, 3.05) is 30.0 Å². The van der Waals surface area contributed by atoms with Crippen LogP contribution in [-0.2, 0) is 5.54 Å². The van der Waals surface area contributed by atoms with Crippen molar-refractivity contribution in [2.45, 2.75) is 51.6 Å². The summed E-state index contributed by atoms with van der Waals surface area (Å²) in [6, 6.07) is 5.32. The summed E-state index contributed by atoms with van der Waals surface area (Å²) in [5, 5.41) is 13.0. The molecule has 1 aliphatic carbocycles. The van der Waals surface area contributed by atoms with E-state index < -0.39 is 47.0 Å². The number of nitriles is 1. The number of aromatic nitrogens is 3. The molecule has 1 atom stereocenters. The van der Waals surface area contributed by atoms with Gasteiger partial charge in [0.05, 0.1) is 34.0 Å². The number of fused-ring (bicyclic) bond motifs is 1. The zero-order valence-corrected chi connectivity index (χ0v) is 20.7. The number of nitrogens with one attached hydrogen (secondary N) is 1. The van der Waals surface area contributed by atoms with Gasteiger partial charge in [-0.1, -0.05) is 18.2 Å². The Labute approximate surface area is 210 Å². The summed E-state index contributed by atoms with van der Waals surface area (Å²) in [5.41, 5.74) is -2.03. The molecule has 5 rings (SSSR count). The fraction of sp³-hybridized carbons (Fsp3) is 0.462. The minimum Gasteiger partial charge on any atom is -0.363 e. The number of nitrogens with zero attached hydrogens (tertiary/aromatic N) is 5. The van der Waals surface area contributed by atoms with Gasteiger partial charge in [-0.25, -0.2) is 27.5 Å². The average molecular weight is 515 g/mol. The number of pyridine rings is 1. The van der Waals surface area contributed by atoms with E-state index in [2.05, 4.69) is 21.4 Å². The van der Waals surface area contributed by atoms with E-state index >= 15 is 0 Å². The molecule has 1 saturated heterocycles. The fourth-order valence-electron chi connectivity index (χ4n) is 5.00. The second-order valence-corrected chi connectivity index (χ2v) is 10.3. The van der Waals surface area contributed by atoms with Crippen molar-refractivity contribution >= 4 is 22.4 Å². The van der Waals surface area contributed by atoms with Crippen LogP contribution in [0.5, 0.6) is 0 Å². The molecule has 0 radical (unpaired) electrons. The van der Waals surface area contributed by atoms with E-state index in [9.17, 15) is 27.6 Å². The average Bonchev–Trinajstić information content (AvgIpc) is 3.63. The number of rotatable bonds is 7. The number of aryl methyl sites for hydroxylation is 1. The molecule has 2 aromatic heterocycles. The van der Waals surface area contributed by atoms with Crippen molar-refractivity contribution in [1.82, 2.24) is 14.5 Å². The molecule has 3 aromatic rings. The summed E-state index contributed by atoms with van der Waals surface area (Å²) in [4.78, 5) is 24.4. The highest BCUT2D eigenvalue weighted by Gasteiger charge is 2.48. The first-order valence-electron chi connectivity index (χ1n) is 12.0. The van der Waals surface area contributed by atoms with Crippen LogP contribution in [0.2, 0.25) is 0 Å². The van der Waals surface area contributed by atoms with E-state index in [-0.39, 0.29) is 17.1 Å². The molecule has 7 nitrogen and oxygen atoms in total. The molecule has 37 heavy (non-hydrogen) atoms. The number of halogens is 4. The van der Waals surface area contributed by atoms with Crippen LogP contribution in [0.4, 0.5) is 29.1 Å². The van der Waals surface area contributed by atoms with Crippen LogP contribution >= 0.6 is 0 Å². The van der Waals surface area contributed by atoms with Gasteiger partial charge < -0.3 is 14.8 Å². The molecule has 11 heteroatoms. The number of hydrogen-bond donors (Lipinski definition) is 1. The van der Waals surface area contributed by atoms with Crippen LogP contribution in [0, 0.1) is 29.5 Å². The molecule has 194 valence electrons. The lowest BCUT2D eigenvalue weighted by atomic mass is 9.83. The first-order chi connectivity index (χ1) is 17.5. The molecule has 1 aromatic carbocycles. The van der Waals surface area contributed by atoms with Gasteiger partial charge in [0.15, 0.2) is 0 Å². The summed E-state index contributed by atoms with van der Waals surface area (Å²) in [7, 11) is 0. The molecule has 1 aliphatic heterocycles. The number of hydrogen-bond acceptors (Lipinski definition) is 6. The molecule has 0 amide bonds. The smallest absolute Gasteiger partial charge is 0.276 e. The Bertz CT molecular complexity index is 1490. The van der Waals surface area contributed by atoms with Crippen molar-refractivity contribution in [3.05, 3.63) is 57.5 Å².